The molecule has 1 atom stereocenters. The normalized spacial score (nSPS) is 22.8. The predicted molar refractivity (Wildman–Crippen MR) is 108 cm³/mol. The smallest absolute Gasteiger partial charge is 0.162 e. The van der Waals surface area contributed by atoms with Crippen molar-refractivity contribution in [3.05, 3.63) is 41.2 Å². The standard InChI is InChI=1S/C24H36F2/c1-4-7-19-10-14-21(15-11-19)23(25)24(26)22-16-12-20(13-17-22)9-6-8-18(3)5-2/h12-13,16-19,21H,4-11,14-15H2,1-3H3/b24-23+/t18-,19?,21?/m0/s1. The first-order chi connectivity index (χ1) is 12.5. The van der Waals surface area contributed by atoms with Crippen LogP contribution in [-0.2, 0) is 6.42 Å². The Labute approximate surface area is 159 Å². The van der Waals surface area contributed by atoms with E-state index >= 15 is 0 Å². The summed E-state index contributed by atoms with van der Waals surface area (Å²) in [6.07, 6.45) is 10.7. The minimum Gasteiger partial charge on any atom is -0.208 e. The first-order valence-corrected chi connectivity index (χ1v) is 10.7. The van der Waals surface area contributed by atoms with Gasteiger partial charge in [0.25, 0.3) is 0 Å². The first kappa shape index (κ1) is 21.1. The number of halogens is 2. The topological polar surface area (TPSA) is 0 Å². The lowest BCUT2D eigenvalue weighted by Gasteiger charge is -2.27. The molecular formula is C24H36F2. The van der Waals surface area contributed by atoms with Gasteiger partial charge in [-0.2, -0.15) is 0 Å². The van der Waals surface area contributed by atoms with E-state index in [0.717, 1.165) is 44.4 Å². The molecule has 0 radical (unpaired) electrons. The highest BCUT2D eigenvalue weighted by atomic mass is 19.2. The van der Waals surface area contributed by atoms with E-state index in [1.54, 1.807) is 12.1 Å². The third kappa shape index (κ3) is 6.21. The molecule has 26 heavy (non-hydrogen) atoms. The van der Waals surface area contributed by atoms with Gasteiger partial charge in [-0.3, -0.25) is 0 Å². The molecule has 1 aliphatic rings. The summed E-state index contributed by atoms with van der Waals surface area (Å²) in [6, 6.07) is 7.40. The van der Waals surface area contributed by atoms with Crippen LogP contribution in [0.5, 0.6) is 0 Å². The van der Waals surface area contributed by atoms with Crippen molar-refractivity contribution in [3.63, 3.8) is 0 Å². The zero-order valence-corrected chi connectivity index (χ0v) is 16.9. The van der Waals surface area contributed by atoms with Crippen molar-refractivity contribution in [2.45, 2.75) is 85.0 Å². The van der Waals surface area contributed by atoms with Crippen LogP contribution in [0.3, 0.4) is 0 Å². The zero-order chi connectivity index (χ0) is 18.9. The minimum absolute atomic E-state index is 0.224. The molecule has 0 heterocycles. The van der Waals surface area contributed by atoms with Crippen LogP contribution in [0, 0.1) is 17.8 Å². The predicted octanol–water partition coefficient (Wildman–Crippen LogP) is 8.27. The summed E-state index contributed by atoms with van der Waals surface area (Å²) in [4.78, 5) is 0. The summed E-state index contributed by atoms with van der Waals surface area (Å²) in [6.45, 7) is 6.70. The van der Waals surface area contributed by atoms with Gasteiger partial charge in [0.15, 0.2) is 5.83 Å². The molecule has 146 valence electrons. The fraction of sp³-hybridized carbons (Fsp3) is 0.667. The first-order valence-electron chi connectivity index (χ1n) is 10.7. The van der Waals surface area contributed by atoms with Crippen molar-refractivity contribution in [1.82, 2.24) is 0 Å². The third-order valence-electron chi connectivity index (χ3n) is 6.18. The van der Waals surface area contributed by atoms with Crippen LogP contribution in [0.4, 0.5) is 8.78 Å². The van der Waals surface area contributed by atoms with Gasteiger partial charge in [-0.1, -0.05) is 70.7 Å². The minimum atomic E-state index is -0.643. The molecule has 0 aliphatic heterocycles. The van der Waals surface area contributed by atoms with Gasteiger partial charge in [0, 0.05) is 11.5 Å². The van der Waals surface area contributed by atoms with Gasteiger partial charge in [-0.15, -0.1) is 0 Å². The van der Waals surface area contributed by atoms with Crippen molar-refractivity contribution < 1.29 is 8.78 Å². The monoisotopic (exact) mass is 362 g/mol. The summed E-state index contributed by atoms with van der Waals surface area (Å²) in [5.41, 5.74) is 1.61. The molecule has 0 spiro atoms. The molecular weight excluding hydrogens is 326 g/mol. The van der Waals surface area contributed by atoms with Gasteiger partial charge in [0.1, 0.15) is 5.83 Å². The molecule has 1 saturated carbocycles. The highest BCUT2D eigenvalue weighted by molar-refractivity contribution is 5.61. The Kier molecular flexibility index (Phi) is 8.81. The lowest BCUT2D eigenvalue weighted by atomic mass is 9.79. The molecule has 0 bridgehead atoms. The number of hydrogen-bond acceptors (Lipinski definition) is 0. The highest BCUT2D eigenvalue weighted by Gasteiger charge is 2.26. The van der Waals surface area contributed by atoms with Crippen LogP contribution in [0.1, 0.15) is 89.7 Å². The average molecular weight is 363 g/mol. The Morgan fingerprint density at radius 1 is 1.04 bits per heavy atom. The maximum absolute atomic E-state index is 14.6. The van der Waals surface area contributed by atoms with E-state index in [-0.39, 0.29) is 5.92 Å². The number of rotatable bonds is 9. The summed E-state index contributed by atoms with van der Waals surface area (Å²) < 4.78 is 29.2. The van der Waals surface area contributed by atoms with E-state index in [4.69, 9.17) is 0 Å². The maximum atomic E-state index is 14.6. The SMILES string of the molecule is CCCC1CCC(/C(F)=C(\F)c2ccc(CCC[C@@H](C)CC)cc2)CC1. The molecule has 2 heteroatoms. The van der Waals surface area contributed by atoms with E-state index < -0.39 is 11.7 Å². The van der Waals surface area contributed by atoms with Crippen LogP contribution in [0.2, 0.25) is 0 Å². The second kappa shape index (κ2) is 10.8. The Morgan fingerprint density at radius 3 is 2.27 bits per heavy atom. The van der Waals surface area contributed by atoms with Crippen molar-refractivity contribution in [1.29, 1.82) is 0 Å². The van der Waals surface area contributed by atoms with Gasteiger partial charge in [-0.05, 0) is 55.9 Å². The van der Waals surface area contributed by atoms with Gasteiger partial charge in [0.05, 0.1) is 0 Å². The van der Waals surface area contributed by atoms with Crippen molar-refractivity contribution >= 4 is 5.83 Å². The van der Waals surface area contributed by atoms with Gasteiger partial charge in [-0.25, -0.2) is 8.78 Å². The average Bonchev–Trinajstić information content (AvgIpc) is 2.68. The van der Waals surface area contributed by atoms with Crippen molar-refractivity contribution in [3.8, 4) is 0 Å². The molecule has 0 nitrogen and oxygen atoms in total. The van der Waals surface area contributed by atoms with E-state index in [1.165, 1.54) is 31.2 Å². The molecule has 0 aromatic heterocycles. The Bertz CT molecular complexity index is 550. The van der Waals surface area contributed by atoms with E-state index in [0.29, 0.717) is 11.5 Å². The summed E-state index contributed by atoms with van der Waals surface area (Å²) in [5.74, 6) is 0.0795. The van der Waals surface area contributed by atoms with Crippen LogP contribution in [0.15, 0.2) is 30.1 Å². The van der Waals surface area contributed by atoms with Crippen LogP contribution in [-0.4, -0.2) is 0 Å². The van der Waals surface area contributed by atoms with Gasteiger partial charge < -0.3 is 0 Å². The second-order valence-electron chi connectivity index (χ2n) is 8.27. The molecule has 1 aromatic rings. The summed E-state index contributed by atoms with van der Waals surface area (Å²) >= 11 is 0. The molecule has 2 rings (SSSR count). The highest BCUT2D eigenvalue weighted by Crippen LogP contribution is 2.39. The molecule has 0 unspecified atom stereocenters. The number of aryl methyl sites for hydroxylation is 1. The molecule has 0 amide bonds. The van der Waals surface area contributed by atoms with Crippen LogP contribution in [0.25, 0.3) is 5.83 Å². The van der Waals surface area contributed by atoms with Crippen LogP contribution >= 0.6 is 0 Å². The molecule has 0 saturated heterocycles. The fourth-order valence-electron chi connectivity index (χ4n) is 4.11. The van der Waals surface area contributed by atoms with Crippen molar-refractivity contribution in [2.24, 2.45) is 17.8 Å². The largest absolute Gasteiger partial charge is 0.208 e. The summed E-state index contributed by atoms with van der Waals surface area (Å²) in [5, 5.41) is 0. The molecule has 1 fully saturated rings. The van der Waals surface area contributed by atoms with Gasteiger partial charge >= 0.3 is 0 Å². The molecule has 1 aromatic carbocycles. The molecule has 1 aliphatic carbocycles. The lowest BCUT2D eigenvalue weighted by molar-refractivity contribution is 0.261. The Hall–Kier alpha value is -1.18. The Balaban J connectivity index is 1.91. The van der Waals surface area contributed by atoms with E-state index in [1.807, 2.05) is 12.1 Å². The van der Waals surface area contributed by atoms with E-state index in [9.17, 15) is 8.78 Å². The lowest BCUT2D eigenvalue weighted by Crippen LogP contribution is -2.15. The Morgan fingerprint density at radius 2 is 1.69 bits per heavy atom. The van der Waals surface area contributed by atoms with Crippen molar-refractivity contribution in [2.75, 3.05) is 0 Å². The quantitative estimate of drug-likeness (QED) is 0.414. The number of allylic oxidation sites excluding steroid dienone is 1. The second-order valence-corrected chi connectivity index (χ2v) is 8.27. The summed E-state index contributed by atoms with van der Waals surface area (Å²) in [7, 11) is 0. The number of hydrogen-bond donors (Lipinski definition) is 0. The zero-order valence-electron chi connectivity index (χ0n) is 16.9. The van der Waals surface area contributed by atoms with Gasteiger partial charge in [0.2, 0.25) is 0 Å². The third-order valence-corrected chi connectivity index (χ3v) is 6.18. The van der Waals surface area contributed by atoms with Crippen LogP contribution < -0.4 is 0 Å². The maximum Gasteiger partial charge on any atom is 0.162 e. The molecule has 0 N–H and O–H groups in total. The van der Waals surface area contributed by atoms with E-state index in [2.05, 4.69) is 20.8 Å². The fourth-order valence-corrected chi connectivity index (χ4v) is 4.11. The number of benzene rings is 1.